The molecule has 7 nitrogen and oxygen atoms in total. The summed E-state index contributed by atoms with van der Waals surface area (Å²) in [7, 11) is 1.58. The molecule has 1 heterocycles. The van der Waals surface area contributed by atoms with Crippen LogP contribution in [0.3, 0.4) is 0 Å². The van der Waals surface area contributed by atoms with Crippen molar-refractivity contribution >= 4 is 5.84 Å². The summed E-state index contributed by atoms with van der Waals surface area (Å²) in [5.74, 6) is 1.23. The minimum absolute atomic E-state index is 0.156. The van der Waals surface area contributed by atoms with Crippen molar-refractivity contribution in [3.8, 4) is 17.4 Å². The highest BCUT2D eigenvalue weighted by atomic mass is 16.5. The van der Waals surface area contributed by atoms with Gasteiger partial charge in [0.05, 0.1) is 7.11 Å². The second-order valence-electron chi connectivity index (χ2n) is 3.47. The van der Waals surface area contributed by atoms with E-state index < -0.39 is 0 Å². The zero-order valence-electron chi connectivity index (χ0n) is 10.1. The predicted octanol–water partition coefficient (Wildman–Crippen LogP) is 1.37. The molecular weight excluding hydrogens is 248 g/mol. The Kier molecular flexibility index (Phi) is 3.77. The molecule has 0 saturated heterocycles. The van der Waals surface area contributed by atoms with Gasteiger partial charge in [-0.1, -0.05) is 5.16 Å². The lowest BCUT2D eigenvalue weighted by Crippen LogP contribution is -2.16. The highest BCUT2D eigenvalue weighted by Gasteiger charge is 2.12. The Morgan fingerprint density at radius 3 is 2.42 bits per heavy atom. The molecule has 7 heteroatoms. The molecule has 0 atom stereocenters. The number of nitrogens with zero attached hydrogens (tertiary/aromatic N) is 3. The van der Waals surface area contributed by atoms with Crippen LogP contribution in [0.1, 0.15) is 5.69 Å². The van der Waals surface area contributed by atoms with E-state index in [0.29, 0.717) is 11.5 Å². The maximum atomic E-state index is 8.67. The van der Waals surface area contributed by atoms with Gasteiger partial charge in [-0.2, -0.15) is 0 Å². The van der Waals surface area contributed by atoms with Crippen LogP contribution in [0.25, 0.3) is 0 Å². The van der Waals surface area contributed by atoms with Crippen LogP contribution in [0.2, 0.25) is 0 Å². The Balaban J connectivity index is 2.27. The number of oxime groups is 1. The minimum atomic E-state index is -0.170. The average molecular weight is 260 g/mol. The van der Waals surface area contributed by atoms with E-state index in [-0.39, 0.29) is 17.4 Å². The molecule has 2 rings (SSSR count). The zero-order valence-corrected chi connectivity index (χ0v) is 10.1. The fourth-order valence-corrected chi connectivity index (χ4v) is 1.38. The molecule has 3 N–H and O–H groups in total. The van der Waals surface area contributed by atoms with E-state index in [9.17, 15) is 0 Å². The summed E-state index contributed by atoms with van der Waals surface area (Å²) in [4.78, 5) is 7.95. The highest BCUT2D eigenvalue weighted by Crippen LogP contribution is 2.23. The van der Waals surface area contributed by atoms with Gasteiger partial charge in [0.2, 0.25) is 5.88 Å². The van der Waals surface area contributed by atoms with Crippen molar-refractivity contribution in [1.82, 2.24) is 9.97 Å². The van der Waals surface area contributed by atoms with Crippen LogP contribution in [0.5, 0.6) is 17.4 Å². The van der Waals surface area contributed by atoms with E-state index in [1.54, 1.807) is 31.4 Å². The molecular formula is C12H12N4O3. The number of methoxy groups -OCH3 is 1. The van der Waals surface area contributed by atoms with Crippen LogP contribution in [0, 0.1) is 0 Å². The molecule has 0 radical (unpaired) electrons. The largest absolute Gasteiger partial charge is 0.497 e. The van der Waals surface area contributed by atoms with Gasteiger partial charge < -0.3 is 20.4 Å². The molecule has 0 unspecified atom stereocenters. The first-order valence-electron chi connectivity index (χ1n) is 5.35. The van der Waals surface area contributed by atoms with Gasteiger partial charge in [0.1, 0.15) is 11.5 Å². The molecule has 0 fully saturated rings. The second-order valence-corrected chi connectivity index (χ2v) is 3.47. The number of aromatic nitrogens is 2. The Labute approximate surface area is 109 Å². The Morgan fingerprint density at radius 1 is 1.16 bits per heavy atom. The second kappa shape index (κ2) is 5.67. The Hall–Kier alpha value is -2.83. The van der Waals surface area contributed by atoms with E-state index in [1.165, 1.54) is 12.4 Å². The van der Waals surface area contributed by atoms with Gasteiger partial charge in [-0.25, -0.2) is 9.97 Å². The summed E-state index contributed by atoms with van der Waals surface area (Å²) in [6.07, 6.45) is 2.88. The van der Waals surface area contributed by atoms with E-state index in [2.05, 4.69) is 15.1 Å². The van der Waals surface area contributed by atoms with Crippen LogP contribution in [0.4, 0.5) is 0 Å². The molecule has 19 heavy (non-hydrogen) atoms. The summed E-state index contributed by atoms with van der Waals surface area (Å²) < 4.78 is 10.6. The van der Waals surface area contributed by atoms with Crippen molar-refractivity contribution in [2.75, 3.05) is 7.11 Å². The summed E-state index contributed by atoms with van der Waals surface area (Å²) >= 11 is 0. The van der Waals surface area contributed by atoms with Crippen molar-refractivity contribution in [1.29, 1.82) is 0 Å². The van der Waals surface area contributed by atoms with Crippen LogP contribution in [0.15, 0.2) is 41.8 Å². The first kappa shape index (κ1) is 12.6. The van der Waals surface area contributed by atoms with Gasteiger partial charge in [-0.15, -0.1) is 0 Å². The Morgan fingerprint density at radius 2 is 1.79 bits per heavy atom. The molecule has 0 spiro atoms. The quantitative estimate of drug-likeness (QED) is 0.372. The maximum Gasteiger partial charge on any atom is 0.249 e. The van der Waals surface area contributed by atoms with Crippen LogP contribution >= 0.6 is 0 Å². The van der Waals surface area contributed by atoms with E-state index in [4.69, 9.17) is 20.4 Å². The number of nitrogens with two attached hydrogens (primary N) is 1. The summed E-state index contributed by atoms with van der Waals surface area (Å²) in [5, 5.41) is 11.6. The summed E-state index contributed by atoms with van der Waals surface area (Å²) in [6, 6.07) is 6.91. The third kappa shape index (κ3) is 2.89. The smallest absolute Gasteiger partial charge is 0.249 e. The topological polar surface area (TPSA) is 103 Å². The maximum absolute atomic E-state index is 8.67. The molecule has 0 aliphatic carbocycles. The first-order valence-corrected chi connectivity index (χ1v) is 5.35. The van der Waals surface area contributed by atoms with Crippen molar-refractivity contribution in [2.24, 2.45) is 10.9 Å². The van der Waals surface area contributed by atoms with E-state index in [0.717, 1.165) is 0 Å². The number of benzene rings is 1. The highest BCUT2D eigenvalue weighted by molar-refractivity contribution is 5.97. The summed E-state index contributed by atoms with van der Waals surface area (Å²) in [5.41, 5.74) is 5.66. The van der Waals surface area contributed by atoms with E-state index >= 15 is 0 Å². The lowest BCUT2D eigenvalue weighted by Gasteiger charge is -2.08. The number of ether oxygens (including phenoxy) is 2. The molecule has 0 amide bonds. The fraction of sp³-hybridized carbons (Fsp3) is 0.0833. The zero-order chi connectivity index (χ0) is 13.7. The SMILES string of the molecule is COc1ccc(Oc2nccnc2C(N)=NO)cc1. The van der Waals surface area contributed by atoms with E-state index in [1.807, 2.05) is 0 Å². The lowest BCUT2D eigenvalue weighted by molar-refractivity contribution is 0.318. The van der Waals surface area contributed by atoms with Crippen molar-refractivity contribution in [3.05, 3.63) is 42.4 Å². The lowest BCUT2D eigenvalue weighted by atomic mass is 10.3. The van der Waals surface area contributed by atoms with Crippen LogP contribution < -0.4 is 15.2 Å². The Bertz CT molecular complexity index is 584. The molecule has 0 aliphatic rings. The molecule has 0 saturated carbocycles. The fourth-order valence-electron chi connectivity index (χ4n) is 1.38. The molecule has 1 aromatic carbocycles. The number of rotatable bonds is 4. The van der Waals surface area contributed by atoms with Gasteiger partial charge in [0, 0.05) is 12.4 Å². The normalized spacial score (nSPS) is 11.1. The monoisotopic (exact) mass is 260 g/mol. The minimum Gasteiger partial charge on any atom is -0.497 e. The van der Waals surface area contributed by atoms with Gasteiger partial charge in [0.15, 0.2) is 11.5 Å². The predicted molar refractivity (Wildman–Crippen MR) is 67.6 cm³/mol. The van der Waals surface area contributed by atoms with Gasteiger partial charge in [-0.05, 0) is 24.3 Å². The third-order valence-electron chi connectivity index (χ3n) is 2.29. The van der Waals surface area contributed by atoms with Gasteiger partial charge in [-0.3, -0.25) is 0 Å². The van der Waals surface area contributed by atoms with Crippen molar-refractivity contribution in [3.63, 3.8) is 0 Å². The number of hydrogen-bond acceptors (Lipinski definition) is 6. The third-order valence-corrected chi connectivity index (χ3v) is 2.29. The van der Waals surface area contributed by atoms with Crippen molar-refractivity contribution < 1.29 is 14.7 Å². The molecule has 2 aromatic rings. The van der Waals surface area contributed by atoms with Crippen LogP contribution in [-0.4, -0.2) is 28.1 Å². The number of amidine groups is 1. The summed E-state index contributed by atoms with van der Waals surface area (Å²) in [6.45, 7) is 0. The van der Waals surface area contributed by atoms with Crippen molar-refractivity contribution in [2.45, 2.75) is 0 Å². The molecule has 0 aliphatic heterocycles. The van der Waals surface area contributed by atoms with Gasteiger partial charge >= 0.3 is 0 Å². The standard InChI is InChI=1S/C12H12N4O3/c1-18-8-2-4-9(5-3-8)19-12-10(11(13)16-17)14-6-7-15-12/h2-7,17H,1H3,(H2,13,16). The number of hydrogen-bond donors (Lipinski definition) is 2. The van der Waals surface area contributed by atoms with Crippen LogP contribution in [-0.2, 0) is 0 Å². The molecule has 1 aromatic heterocycles. The molecule has 0 bridgehead atoms. The average Bonchev–Trinajstić information content (AvgIpc) is 2.48. The van der Waals surface area contributed by atoms with Gasteiger partial charge in [0.25, 0.3) is 0 Å². The first-order chi connectivity index (χ1) is 9.24. The molecule has 98 valence electrons.